The van der Waals surface area contributed by atoms with Crippen LogP contribution < -0.4 is 10.6 Å². The molecular formula is C27H41N5S. The summed E-state index contributed by atoms with van der Waals surface area (Å²) in [5, 5.41) is 15.6. The molecule has 2 aliphatic rings. The van der Waals surface area contributed by atoms with Crippen molar-refractivity contribution in [2.75, 3.05) is 14.1 Å². The minimum atomic E-state index is 0.0781. The van der Waals surface area contributed by atoms with Crippen molar-refractivity contribution in [3.63, 3.8) is 0 Å². The van der Waals surface area contributed by atoms with Crippen molar-refractivity contribution in [3.05, 3.63) is 72.4 Å². The lowest BCUT2D eigenvalue weighted by Gasteiger charge is -2.27. The van der Waals surface area contributed by atoms with Gasteiger partial charge in [-0.1, -0.05) is 58.4 Å². The van der Waals surface area contributed by atoms with Gasteiger partial charge in [0, 0.05) is 37.6 Å². The van der Waals surface area contributed by atoms with Crippen LogP contribution in [0.2, 0.25) is 0 Å². The molecule has 0 bridgehead atoms. The van der Waals surface area contributed by atoms with Crippen molar-refractivity contribution in [1.82, 2.24) is 15.5 Å². The smallest absolute Gasteiger partial charge is 0.0648 e. The highest BCUT2D eigenvalue weighted by Crippen LogP contribution is 2.25. The van der Waals surface area contributed by atoms with E-state index in [1.165, 1.54) is 44.1 Å². The fourth-order valence-electron chi connectivity index (χ4n) is 3.64. The molecule has 2 rings (SSSR count). The van der Waals surface area contributed by atoms with Crippen LogP contribution in [0.4, 0.5) is 0 Å². The van der Waals surface area contributed by atoms with Crippen LogP contribution in [0.1, 0.15) is 52.9 Å². The molecule has 2 aliphatic carbocycles. The number of rotatable bonds is 11. The van der Waals surface area contributed by atoms with Gasteiger partial charge in [0.15, 0.2) is 0 Å². The second-order valence-electron chi connectivity index (χ2n) is 9.16. The second-order valence-corrected chi connectivity index (χ2v) is 10.3. The lowest BCUT2D eigenvalue weighted by atomic mass is 9.95. The van der Waals surface area contributed by atoms with Crippen LogP contribution in [0.5, 0.6) is 0 Å². The van der Waals surface area contributed by atoms with Crippen molar-refractivity contribution < 1.29 is 0 Å². The number of hydrogen-bond donors (Lipinski definition) is 3. The molecule has 1 saturated carbocycles. The van der Waals surface area contributed by atoms with Gasteiger partial charge in [-0.25, -0.2) is 4.40 Å². The van der Waals surface area contributed by atoms with Gasteiger partial charge in [-0.3, -0.25) is 0 Å². The standard InChI is InChI=1S/C27H41N5S/c1-8-9-15-25(19(2)3)31-33-21(5)20(4)30-26-16-22(24(28)17-27(26)32(6)7)18-29-23-13-11-10-12-14-23/h8-9,15-19,21,23,28-30H,1,4,10-14H2,2-3,5-7H3/b15-9-,22-18-,28-24?,31-25?. The van der Waals surface area contributed by atoms with Gasteiger partial charge in [-0.15, -0.1) is 0 Å². The van der Waals surface area contributed by atoms with Gasteiger partial charge in [0.05, 0.1) is 28.1 Å². The summed E-state index contributed by atoms with van der Waals surface area (Å²) in [4.78, 5) is 2.03. The zero-order valence-electron chi connectivity index (χ0n) is 20.9. The van der Waals surface area contributed by atoms with Crippen molar-refractivity contribution >= 4 is 23.4 Å². The van der Waals surface area contributed by atoms with Crippen molar-refractivity contribution in [2.24, 2.45) is 10.3 Å². The molecule has 0 spiro atoms. The number of nitrogens with zero attached hydrogens (tertiary/aromatic N) is 2. The van der Waals surface area contributed by atoms with Crippen LogP contribution in [0.3, 0.4) is 0 Å². The van der Waals surface area contributed by atoms with E-state index < -0.39 is 0 Å². The van der Waals surface area contributed by atoms with Gasteiger partial charge in [0.25, 0.3) is 0 Å². The van der Waals surface area contributed by atoms with Crippen LogP contribution in [-0.2, 0) is 0 Å². The predicted octanol–water partition coefficient (Wildman–Crippen LogP) is 6.13. The van der Waals surface area contributed by atoms with Gasteiger partial charge < -0.3 is 20.9 Å². The maximum absolute atomic E-state index is 8.51. The molecule has 0 aromatic carbocycles. The minimum absolute atomic E-state index is 0.0781. The second kappa shape index (κ2) is 13.3. The Balaban J connectivity index is 2.13. The van der Waals surface area contributed by atoms with Crippen LogP contribution in [0.15, 0.2) is 76.8 Å². The molecule has 0 heterocycles. The molecule has 1 atom stereocenters. The third kappa shape index (κ3) is 8.43. The Labute approximate surface area is 205 Å². The number of likely N-dealkylation sites (N-methyl/N-ethyl adjacent to an activating group) is 1. The summed E-state index contributed by atoms with van der Waals surface area (Å²) in [6.07, 6.45) is 18.0. The first-order chi connectivity index (χ1) is 15.7. The zero-order chi connectivity index (χ0) is 24.4. The lowest BCUT2D eigenvalue weighted by Crippen LogP contribution is -2.30. The number of hydrogen-bond acceptors (Lipinski definition) is 6. The van der Waals surface area contributed by atoms with E-state index in [9.17, 15) is 0 Å². The topological polar surface area (TPSA) is 63.5 Å². The highest BCUT2D eigenvalue weighted by molar-refractivity contribution is 7.99. The van der Waals surface area contributed by atoms with Crippen LogP contribution in [0.25, 0.3) is 0 Å². The van der Waals surface area contributed by atoms with E-state index in [1.54, 1.807) is 6.08 Å². The molecule has 5 nitrogen and oxygen atoms in total. The van der Waals surface area contributed by atoms with E-state index in [2.05, 4.69) is 44.6 Å². The van der Waals surface area contributed by atoms with E-state index in [4.69, 9.17) is 9.81 Å². The first kappa shape index (κ1) is 26.8. The maximum atomic E-state index is 8.51. The Morgan fingerprint density at radius 3 is 2.52 bits per heavy atom. The Morgan fingerprint density at radius 1 is 1.21 bits per heavy atom. The van der Waals surface area contributed by atoms with E-state index in [0.29, 0.717) is 17.7 Å². The molecular weight excluding hydrogens is 426 g/mol. The van der Waals surface area contributed by atoms with Gasteiger partial charge in [-0.05, 0) is 55.9 Å². The molecule has 33 heavy (non-hydrogen) atoms. The van der Waals surface area contributed by atoms with Crippen LogP contribution >= 0.6 is 11.9 Å². The highest BCUT2D eigenvalue weighted by Gasteiger charge is 2.20. The van der Waals surface area contributed by atoms with Crippen molar-refractivity contribution in [1.29, 1.82) is 5.41 Å². The average Bonchev–Trinajstić information content (AvgIpc) is 2.79. The van der Waals surface area contributed by atoms with Gasteiger partial charge in [0.2, 0.25) is 0 Å². The summed E-state index contributed by atoms with van der Waals surface area (Å²) in [6, 6.07) is 0.512. The molecule has 0 aromatic rings. The monoisotopic (exact) mass is 467 g/mol. The summed E-state index contributed by atoms with van der Waals surface area (Å²) in [7, 11) is 3.99. The molecule has 1 fully saturated rings. The van der Waals surface area contributed by atoms with Gasteiger partial charge >= 0.3 is 0 Å². The third-order valence-electron chi connectivity index (χ3n) is 5.83. The fraction of sp³-hybridized carbons (Fsp3) is 0.481. The minimum Gasteiger partial charge on any atom is -0.388 e. The molecule has 0 saturated heterocycles. The first-order valence-electron chi connectivity index (χ1n) is 11.9. The Kier molecular flexibility index (Phi) is 10.8. The van der Waals surface area contributed by atoms with E-state index in [-0.39, 0.29) is 5.25 Å². The molecule has 0 aliphatic heterocycles. The predicted molar refractivity (Wildman–Crippen MR) is 147 cm³/mol. The summed E-state index contributed by atoms with van der Waals surface area (Å²) in [5.41, 5.74) is 5.22. The van der Waals surface area contributed by atoms with E-state index >= 15 is 0 Å². The summed E-state index contributed by atoms with van der Waals surface area (Å²) in [6.45, 7) is 14.4. The number of nitrogens with one attached hydrogen (secondary N) is 3. The Bertz CT molecular complexity index is 867. The Hall–Kier alpha value is -2.47. The fourth-order valence-corrected chi connectivity index (χ4v) is 4.38. The van der Waals surface area contributed by atoms with Crippen LogP contribution in [0, 0.1) is 11.3 Å². The highest BCUT2D eigenvalue weighted by atomic mass is 32.2. The van der Waals surface area contributed by atoms with E-state index in [0.717, 1.165) is 28.4 Å². The molecule has 0 radical (unpaired) electrons. The maximum Gasteiger partial charge on any atom is 0.0648 e. The Morgan fingerprint density at radius 2 is 1.91 bits per heavy atom. The molecule has 0 amide bonds. The van der Waals surface area contributed by atoms with Crippen molar-refractivity contribution in [2.45, 2.75) is 64.2 Å². The summed E-state index contributed by atoms with van der Waals surface area (Å²) >= 11 is 1.51. The average molecular weight is 468 g/mol. The van der Waals surface area contributed by atoms with Crippen molar-refractivity contribution in [3.8, 4) is 0 Å². The first-order valence-corrected chi connectivity index (χ1v) is 12.7. The number of allylic oxidation sites excluding steroid dienone is 6. The molecule has 0 aromatic heterocycles. The molecule has 1 unspecified atom stereocenters. The molecule has 180 valence electrons. The largest absolute Gasteiger partial charge is 0.388 e. The van der Waals surface area contributed by atoms with Gasteiger partial charge in [0.1, 0.15) is 0 Å². The quantitative estimate of drug-likeness (QED) is 0.194. The summed E-state index contributed by atoms with van der Waals surface area (Å²) < 4.78 is 4.74. The molecule has 6 heteroatoms. The SMILES string of the molecule is C=C/C=C\C(=NSC(C)C(=C)NC1=C/C(=C/NC2CCCCC2)C(=N)C=C1N(C)C)C(C)C. The zero-order valence-corrected chi connectivity index (χ0v) is 21.8. The lowest BCUT2D eigenvalue weighted by molar-refractivity contribution is 0.404. The normalized spacial score (nSPS) is 20.0. The third-order valence-corrected chi connectivity index (χ3v) is 6.74. The van der Waals surface area contributed by atoms with Gasteiger partial charge in [-0.2, -0.15) is 0 Å². The summed E-state index contributed by atoms with van der Waals surface area (Å²) in [5.74, 6) is 0.335. The van der Waals surface area contributed by atoms with Crippen LogP contribution in [-0.4, -0.2) is 41.7 Å². The van der Waals surface area contributed by atoms with E-state index in [1.807, 2.05) is 49.5 Å². The molecule has 3 N–H and O–H groups in total.